The number of fused-ring (bicyclic) bond motifs is 8. The molecule has 0 aliphatic heterocycles. The van der Waals surface area contributed by atoms with Gasteiger partial charge in [0.15, 0.2) is 40.5 Å². The number of hydrogen-bond donors (Lipinski definition) is 10. The lowest BCUT2D eigenvalue weighted by Crippen LogP contribution is -2.02. The third kappa shape index (κ3) is 5.68. The van der Waals surface area contributed by atoms with E-state index in [4.69, 9.17) is 15.0 Å². The molecule has 320 valence electrons. The molecule has 0 fully saturated rings. The van der Waals surface area contributed by atoms with Crippen molar-refractivity contribution in [1.29, 1.82) is 0 Å². The molecule has 0 atom stereocenters. The minimum Gasteiger partial charge on any atom is -0.504 e. The van der Waals surface area contributed by atoms with E-state index >= 15 is 0 Å². The number of benzene rings is 9. The molecule has 9 aromatic carbocycles. The lowest BCUT2D eigenvalue weighted by atomic mass is 9.86. The molecule has 0 aliphatic carbocycles. The largest absolute Gasteiger partial charge is 0.504 e. The van der Waals surface area contributed by atoms with E-state index in [1.165, 1.54) is 6.07 Å². The molecule has 0 saturated carbocycles. The first kappa shape index (κ1) is 39.3. The summed E-state index contributed by atoms with van der Waals surface area (Å²) in [5.74, 6) is -10.8. The number of pyridine rings is 1. The van der Waals surface area contributed by atoms with Crippen LogP contribution in [0.3, 0.4) is 0 Å². The van der Waals surface area contributed by atoms with E-state index in [2.05, 4.69) is 11.1 Å². The highest BCUT2D eigenvalue weighted by Gasteiger charge is 2.30. The molecule has 14 heteroatoms. The fraction of sp³-hybridized carbons (Fsp3) is 0. The molecular formula is C52H32N4O10. The third-order valence-corrected chi connectivity index (χ3v) is 12.1. The molecule has 11 aromatic rings. The first-order chi connectivity index (χ1) is 31.9. The molecule has 0 spiro atoms. The predicted molar refractivity (Wildman–Crippen MR) is 249 cm³/mol. The Kier molecular flexibility index (Phi) is 8.64. The summed E-state index contributed by atoms with van der Waals surface area (Å²) in [4.78, 5) is 18.8. The van der Waals surface area contributed by atoms with E-state index in [0.29, 0.717) is 43.8 Å². The summed E-state index contributed by atoms with van der Waals surface area (Å²) in [5, 5.41) is 116. The van der Waals surface area contributed by atoms with Crippen LogP contribution < -0.4 is 0 Å². The van der Waals surface area contributed by atoms with E-state index in [1.54, 1.807) is 36.7 Å². The van der Waals surface area contributed by atoms with Gasteiger partial charge < -0.3 is 51.1 Å². The minimum absolute atomic E-state index is 0.00911. The predicted octanol–water partition coefficient (Wildman–Crippen LogP) is 10.4. The van der Waals surface area contributed by atoms with Crippen LogP contribution in [0.2, 0.25) is 0 Å². The number of aromatic nitrogens is 4. The maximum atomic E-state index is 11.3. The van der Waals surface area contributed by atoms with Crippen molar-refractivity contribution in [2.45, 2.75) is 0 Å². The van der Waals surface area contributed by atoms with Crippen molar-refractivity contribution in [2.24, 2.45) is 0 Å². The van der Waals surface area contributed by atoms with Gasteiger partial charge in [0.25, 0.3) is 0 Å². The molecule has 0 unspecified atom stereocenters. The first-order valence-electron chi connectivity index (χ1n) is 20.3. The number of rotatable bonds is 5. The molecule has 0 radical (unpaired) electrons. The second-order valence-electron chi connectivity index (χ2n) is 15.7. The second kappa shape index (κ2) is 14.5. The number of phenols is 10. The molecule has 10 N–H and O–H groups in total. The zero-order valence-electron chi connectivity index (χ0n) is 34.0. The fourth-order valence-electron chi connectivity index (χ4n) is 9.04. The minimum atomic E-state index is -1.16. The molecule has 2 heterocycles. The summed E-state index contributed by atoms with van der Waals surface area (Å²) in [7, 11) is 0. The Morgan fingerprint density at radius 2 is 0.606 bits per heavy atom. The number of phenolic OH excluding ortho intramolecular Hbond substituents is 10. The van der Waals surface area contributed by atoms with Crippen molar-refractivity contribution in [1.82, 2.24) is 19.9 Å². The van der Waals surface area contributed by atoms with Crippen LogP contribution in [0.4, 0.5) is 0 Å². The Morgan fingerprint density at radius 1 is 0.242 bits per heavy atom. The Balaban J connectivity index is 1.27. The maximum Gasteiger partial charge on any atom is 0.208 e. The standard InChI is InChI=1S/C52H32N4O10/c57-40-37(41(58)45(62)48(65)44(40)61)24-13-16-33-35(21-24)36(23-17-19-53-20-18-23)31-11-5-6-12-32(31)38(33)51-54-50(55-52(56-51)39-42(59)46(63)49(66)47(64)43(39)60)25-14-15-30-28-9-2-1-7-26(28)27-8-3-4-10-29(27)34(30)22-25/h1-22,57-66H. The highest BCUT2D eigenvalue weighted by molar-refractivity contribution is 6.26. The van der Waals surface area contributed by atoms with Gasteiger partial charge in [0.05, 0.1) is 5.56 Å². The Morgan fingerprint density at radius 3 is 1.15 bits per heavy atom. The normalized spacial score (nSPS) is 11.6. The zero-order chi connectivity index (χ0) is 45.7. The Hall–Kier alpha value is -9.56. The van der Waals surface area contributed by atoms with E-state index in [1.807, 2.05) is 84.9 Å². The second-order valence-corrected chi connectivity index (χ2v) is 15.7. The molecule has 11 rings (SSSR count). The molecule has 0 amide bonds. The summed E-state index contributed by atoms with van der Waals surface area (Å²) in [6, 6.07) is 37.5. The van der Waals surface area contributed by atoms with Gasteiger partial charge in [0.1, 0.15) is 5.56 Å². The van der Waals surface area contributed by atoms with Crippen LogP contribution in [0, 0.1) is 0 Å². The van der Waals surface area contributed by atoms with Gasteiger partial charge in [-0.2, -0.15) is 0 Å². The van der Waals surface area contributed by atoms with E-state index in [-0.39, 0.29) is 22.8 Å². The van der Waals surface area contributed by atoms with Crippen molar-refractivity contribution in [2.75, 3.05) is 0 Å². The quantitative estimate of drug-likeness (QED) is 0.0334. The van der Waals surface area contributed by atoms with Crippen LogP contribution in [0.1, 0.15) is 0 Å². The summed E-state index contributed by atoms with van der Waals surface area (Å²) in [6.45, 7) is 0. The smallest absolute Gasteiger partial charge is 0.208 e. The van der Waals surface area contributed by atoms with Crippen molar-refractivity contribution in [3.8, 4) is 114 Å². The summed E-state index contributed by atoms with van der Waals surface area (Å²) in [5.41, 5.74) is 1.39. The molecule has 0 saturated heterocycles. The monoisotopic (exact) mass is 872 g/mol. The van der Waals surface area contributed by atoms with Crippen LogP contribution in [0.15, 0.2) is 134 Å². The number of nitrogens with zero attached hydrogens (tertiary/aromatic N) is 4. The fourth-order valence-corrected chi connectivity index (χ4v) is 9.04. The molecule has 0 bridgehead atoms. The van der Waals surface area contributed by atoms with Gasteiger partial charge in [-0.25, -0.2) is 15.0 Å². The van der Waals surface area contributed by atoms with Crippen LogP contribution in [0.25, 0.3) is 110 Å². The topological polar surface area (TPSA) is 254 Å². The van der Waals surface area contributed by atoms with Gasteiger partial charge >= 0.3 is 0 Å². The van der Waals surface area contributed by atoms with E-state index in [0.717, 1.165) is 32.3 Å². The highest BCUT2D eigenvalue weighted by Crippen LogP contribution is 2.57. The zero-order valence-corrected chi connectivity index (χ0v) is 34.0. The first-order valence-corrected chi connectivity index (χ1v) is 20.3. The van der Waals surface area contributed by atoms with Crippen LogP contribution in [0.5, 0.6) is 57.5 Å². The highest BCUT2D eigenvalue weighted by atomic mass is 16.4. The van der Waals surface area contributed by atoms with Gasteiger partial charge in [0, 0.05) is 23.5 Å². The van der Waals surface area contributed by atoms with E-state index < -0.39 is 68.9 Å². The lowest BCUT2D eigenvalue weighted by molar-refractivity contribution is 0.329. The lowest BCUT2D eigenvalue weighted by Gasteiger charge is -2.19. The molecule has 66 heavy (non-hydrogen) atoms. The maximum absolute atomic E-state index is 11.3. The van der Waals surface area contributed by atoms with Crippen molar-refractivity contribution in [3.05, 3.63) is 134 Å². The average Bonchev–Trinajstić information content (AvgIpc) is 3.35. The SMILES string of the molecule is Oc1c(O)c(O)c(-c2ccc3c(-c4nc(-c5ccc6c7ccccc7c7ccccc7c6c5)nc(-c5c(O)c(O)c(O)c(O)c5O)n4)c4ccccc4c(-c4ccncc4)c3c2)c(O)c1O. The molecule has 0 aliphatic rings. The van der Waals surface area contributed by atoms with Gasteiger partial charge in [0.2, 0.25) is 34.5 Å². The van der Waals surface area contributed by atoms with Crippen molar-refractivity contribution >= 4 is 53.9 Å². The van der Waals surface area contributed by atoms with Crippen molar-refractivity contribution < 1.29 is 51.1 Å². The summed E-state index contributed by atoms with van der Waals surface area (Å²) < 4.78 is 0. The van der Waals surface area contributed by atoms with Gasteiger partial charge in [-0.3, -0.25) is 4.98 Å². The van der Waals surface area contributed by atoms with Crippen LogP contribution >= 0.6 is 0 Å². The van der Waals surface area contributed by atoms with E-state index in [9.17, 15) is 51.1 Å². The molecule has 14 nitrogen and oxygen atoms in total. The van der Waals surface area contributed by atoms with Crippen LogP contribution in [-0.2, 0) is 0 Å². The third-order valence-electron chi connectivity index (χ3n) is 12.1. The number of aromatic hydroxyl groups is 10. The van der Waals surface area contributed by atoms with Crippen molar-refractivity contribution in [3.63, 3.8) is 0 Å². The molecular weight excluding hydrogens is 841 g/mol. The molecule has 2 aromatic heterocycles. The Labute approximate surface area is 371 Å². The van der Waals surface area contributed by atoms with Gasteiger partial charge in [-0.05, 0) is 94.8 Å². The average molecular weight is 873 g/mol. The summed E-state index contributed by atoms with van der Waals surface area (Å²) in [6.07, 6.45) is 3.23. The summed E-state index contributed by atoms with van der Waals surface area (Å²) >= 11 is 0. The van der Waals surface area contributed by atoms with Gasteiger partial charge in [-0.15, -0.1) is 0 Å². The van der Waals surface area contributed by atoms with Crippen LogP contribution in [-0.4, -0.2) is 71.0 Å². The van der Waals surface area contributed by atoms with Gasteiger partial charge in [-0.1, -0.05) is 97.1 Å². The number of hydrogen-bond acceptors (Lipinski definition) is 14. The Bertz CT molecular complexity index is 3810.